The van der Waals surface area contributed by atoms with Crippen molar-refractivity contribution in [2.45, 2.75) is 13.3 Å². The van der Waals surface area contributed by atoms with Crippen LogP contribution in [0.15, 0.2) is 59.1 Å². The van der Waals surface area contributed by atoms with Crippen LogP contribution in [0.1, 0.15) is 11.1 Å². The van der Waals surface area contributed by atoms with Crippen LogP contribution in [0.3, 0.4) is 0 Å². The van der Waals surface area contributed by atoms with Crippen molar-refractivity contribution in [2.75, 3.05) is 11.9 Å². The van der Waals surface area contributed by atoms with E-state index in [2.05, 4.69) is 10.3 Å². The van der Waals surface area contributed by atoms with Crippen LogP contribution in [0, 0.1) is 18.6 Å². The summed E-state index contributed by atoms with van der Waals surface area (Å²) in [5, 5.41) is 4.61. The molecule has 5 nitrogen and oxygen atoms in total. The van der Waals surface area contributed by atoms with Crippen molar-refractivity contribution in [1.29, 1.82) is 0 Å². The second-order valence-electron chi connectivity index (χ2n) is 6.86. The largest absolute Gasteiger partial charge is 0.351 e. The fourth-order valence-electron chi connectivity index (χ4n) is 3.12. The number of carbonyl (C=O) groups excluding carboxylic acids is 2. The zero-order valence-electron chi connectivity index (χ0n) is 16.0. The number of thiazole rings is 1. The summed E-state index contributed by atoms with van der Waals surface area (Å²) in [6.07, 6.45) is 1.63. The van der Waals surface area contributed by atoms with Gasteiger partial charge in [0.1, 0.15) is 17.3 Å². The minimum absolute atomic E-state index is 0.0125. The fourth-order valence-corrected chi connectivity index (χ4v) is 3.68. The van der Waals surface area contributed by atoms with Crippen LogP contribution in [0.25, 0.3) is 11.3 Å². The Bertz CT molecular complexity index is 1120. The Morgan fingerprint density at radius 3 is 2.43 bits per heavy atom. The molecule has 8 heteroatoms. The summed E-state index contributed by atoms with van der Waals surface area (Å²) in [5.41, 5.74) is 4.60. The van der Waals surface area contributed by atoms with Crippen molar-refractivity contribution in [3.63, 3.8) is 0 Å². The predicted octanol–water partition coefficient (Wildman–Crippen LogP) is 4.30. The summed E-state index contributed by atoms with van der Waals surface area (Å²) in [5.74, 6) is -2.45. The van der Waals surface area contributed by atoms with E-state index in [9.17, 15) is 18.4 Å². The van der Waals surface area contributed by atoms with Gasteiger partial charge in [-0.2, -0.15) is 0 Å². The maximum Gasteiger partial charge on any atom is 0.277 e. The molecule has 1 aromatic heterocycles. The smallest absolute Gasteiger partial charge is 0.277 e. The minimum atomic E-state index is -0.729. The average molecular weight is 425 g/mol. The van der Waals surface area contributed by atoms with Crippen molar-refractivity contribution in [2.24, 2.45) is 0 Å². The molecule has 0 aliphatic carbocycles. The number of halogens is 2. The van der Waals surface area contributed by atoms with Crippen LogP contribution in [0.2, 0.25) is 0 Å². The Hall–Kier alpha value is -3.39. The van der Waals surface area contributed by atoms with E-state index in [0.29, 0.717) is 6.42 Å². The topological polar surface area (TPSA) is 62.3 Å². The Balaban J connectivity index is 1.39. The first-order valence-corrected chi connectivity index (χ1v) is 10.1. The third-order valence-corrected chi connectivity index (χ3v) is 5.46. The SMILES string of the molecule is Cc1c(F)cc(NC2=CC(=O)N(CCc3ccc(-c4cscn4)cc3)C2=O)cc1F. The zero-order valence-corrected chi connectivity index (χ0v) is 16.8. The lowest BCUT2D eigenvalue weighted by Gasteiger charge is -2.15. The molecule has 4 rings (SSSR count). The molecular weight excluding hydrogens is 408 g/mol. The minimum Gasteiger partial charge on any atom is -0.351 e. The highest BCUT2D eigenvalue weighted by atomic mass is 32.1. The first-order chi connectivity index (χ1) is 14.4. The Labute approximate surface area is 175 Å². The van der Waals surface area contributed by atoms with Crippen molar-refractivity contribution in [1.82, 2.24) is 9.88 Å². The molecule has 2 aromatic carbocycles. The molecule has 0 atom stereocenters. The Kier molecular flexibility index (Phi) is 5.41. The molecule has 0 radical (unpaired) electrons. The molecule has 1 aliphatic heterocycles. The molecule has 0 saturated heterocycles. The van der Waals surface area contributed by atoms with Crippen LogP contribution in [0.4, 0.5) is 14.5 Å². The van der Waals surface area contributed by atoms with E-state index in [4.69, 9.17) is 0 Å². The Morgan fingerprint density at radius 1 is 1.10 bits per heavy atom. The zero-order chi connectivity index (χ0) is 21.3. The average Bonchev–Trinajstić information content (AvgIpc) is 3.34. The van der Waals surface area contributed by atoms with E-state index in [1.165, 1.54) is 18.3 Å². The van der Waals surface area contributed by atoms with Crippen LogP contribution in [-0.2, 0) is 16.0 Å². The number of anilines is 1. The van der Waals surface area contributed by atoms with Gasteiger partial charge in [-0.15, -0.1) is 11.3 Å². The lowest BCUT2D eigenvalue weighted by atomic mass is 10.1. The van der Waals surface area contributed by atoms with Crippen molar-refractivity contribution >= 4 is 28.8 Å². The molecule has 0 saturated carbocycles. The summed E-state index contributed by atoms with van der Waals surface area (Å²) in [4.78, 5) is 30.2. The van der Waals surface area contributed by atoms with Gasteiger partial charge in [-0.3, -0.25) is 14.5 Å². The van der Waals surface area contributed by atoms with E-state index in [1.54, 1.807) is 5.51 Å². The van der Waals surface area contributed by atoms with Gasteiger partial charge in [0, 0.05) is 34.8 Å². The third-order valence-electron chi connectivity index (χ3n) is 4.88. The molecule has 2 amide bonds. The van der Waals surface area contributed by atoms with Gasteiger partial charge in [-0.25, -0.2) is 13.8 Å². The van der Waals surface area contributed by atoms with Crippen molar-refractivity contribution in [3.05, 3.63) is 81.8 Å². The number of hydrogen-bond donors (Lipinski definition) is 1. The number of hydrogen-bond acceptors (Lipinski definition) is 5. The quantitative estimate of drug-likeness (QED) is 0.598. The van der Waals surface area contributed by atoms with Crippen molar-refractivity contribution in [3.8, 4) is 11.3 Å². The van der Waals surface area contributed by atoms with Gasteiger partial charge in [0.2, 0.25) is 0 Å². The molecule has 0 fully saturated rings. The standard InChI is InChI=1S/C22H17F2N3O2S/c1-13-17(23)8-16(9-18(13)24)26-19-10-21(28)27(22(19)29)7-6-14-2-4-15(5-3-14)20-11-30-12-25-20/h2-5,8-12,26H,6-7H2,1H3. The van der Waals surface area contributed by atoms with E-state index in [1.807, 2.05) is 29.6 Å². The number of amides is 2. The van der Waals surface area contributed by atoms with E-state index in [0.717, 1.165) is 39.9 Å². The van der Waals surface area contributed by atoms with Gasteiger partial charge < -0.3 is 5.32 Å². The van der Waals surface area contributed by atoms with Gasteiger partial charge in [0.05, 0.1) is 11.2 Å². The van der Waals surface area contributed by atoms with Crippen LogP contribution in [0.5, 0.6) is 0 Å². The molecule has 152 valence electrons. The van der Waals surface area contributed by atoms with Gasteiger partial charge in [-0.1, -0.05) is 24.3 Å². The Morgan fingerprint density at radius 2 is 1.80 bits per heavy atom. The fraction of sp³-hybridized carbons (Fsp3) is 0.136. The maximum atomic E-state index is 13.7. The highest BCUT2D eigenvalue weighted by Crippen LogP contribution is 2.23. The van der Waals surface area contributed by atoms with Crippen LogP contribution in [-0.4, -0.2) is 28.2 Å². The van der Waals surface area contributed by atoms with Gasteiger partial charge >= 0.3 is 0 Å². The third kappa shape index (κ3) is 3.99. The first kappa shape index (κ1) is 19.9. The molecule has 2 heterocycles. The molecule has 0 unspecified atom stereocenters. The number of aromatic nitrogens is 1. The molecule has 30 heavy (non-hydrogen) atoms. The molecular formula is C22H17F2N3O2S. The summed E-state index contributed by atoms with van der Waals surface area (Å²) in [6, 6.07) is 9.94. The van der Waals surface area contributed by atoms with E-state index >= 15 is 0 Å². The van der Waals surface area contributed by atoms with Crippen LogP contribution >= 0.6 is 11.3 Å². The number of nitrogens with one attached hydrogen (secondary N) is 1. The number of benzene rings is 2. The molecule has 0 bridgehead atoms. The summed E-state index contributed by atoms with van der Waals surface area (Å²) in [7, 11) is 0. The number of imide groups is 1. The second-order valence-corrected chi connectivity index (χ2v) is 7.58. The second kappa shape index (κ2) is 8.16. The monoisotopic (exact) mass is 425 g/mol. The summed E-state index contributed by atoms with van der Waals surface area (Å²) < 4.78 is 27.5. The van der Waals surface area contributed by atoms with E-state index in [-0.39, 0.29) is 23.5 Å². The normalized spacial score (nSPS) is 13.7. The molecule has 1 aliphatic rings. The number of rotatable bonds is 6. The highest BCUT2D eigenvalue weighted by Gasteiger charge is 2.31. The first-order valence-electron chi connectivity index (χ1n) is 9.20. The highest BCUT2D eigenvalue weighted by molar-refractivity contribution is 7.07. The number of carbonyl (C=O) groups is 2. The summed E-state index contributed by atoms with van der Waals surface area (Å²) in [6.45, 7) is 1.52. The molecule has 3 aromatic rings. The maximum absolute atomic E-state index is 13.7. The summed E-state index contributed by atoms with van der Waals surface area (Å²) >= 11 is 1.52. The predicted molar refractivity (Wildman–Crippen MR) is 111 cm³/mol. The van der Waals surface area contributed by atoms with Crippen LogP contribution < -0.4 is 5.32 Å². The van der Waals surface area contributed by atoms with Gasteiger partial charge in [0.15, 0.2) is 0 Å². The van der Waals surface area contributed by atoms with E-state index < -0.39 is 23.4 Å². The lowest BCUT2D eigenvalue weighted by molar-refractivity contribution is -0.137. The number of nitrogens with zero attached hydrogens (tertiary/aromatic N) is 2. The molecule has 0 spiro atoms. The lowest BCUT2D eigenvalue weighted by Crippen LogP contribution is -2.33. The van der Waals surface area contributed by atoms with Gasteiger partial charge in [0.25, 0.3) is 11.8 Å². The molecule has 1 N–H and O–H groups in total. The van der Waals surface area contributed by atoms with Gasteiger partial charge in [-0.05, 0) is 31.0 Å². The van der Waals surface area contributed by atoms with Crippen molar-refractivity contribution < 1.29 is 18.4 Å².